The third kappa shape index (κ3) is 4.99. The number of nitrogens with one attached hydrogen (secondary N) is 3. The van der Waals surface area contributed by atoms with Gasteiger partial charge in [0.05, 0.1) is 0 Å². The summed E-state index contributed by atoms with van der Waals surface area (Å²) in [5.41, 5.74) is 2.79. The van der Waals surface area contributed by atoms with Gasteiger partial charge in [-0.1, -0.05) is 18.2 Å². The van der Waals surface area contributed by atoms with Crippen LogP contribution in [0.2, 0.25) is 0 Å². The lowest BCUT2D eigenvalue weighted by Gasteiger charge is -2.22. The van der Waals surface area contributed by atoms with Crippen molar-refractivity contribution in [3.05, 3.63) is 54.6 Å². The summed E-state index contributed by atoms with van der Waals surface area (Å²) in [5, 5.41) is 9.11. The van der Waals surface area contributed by atoms with E-state index in [9.17, 15) is 4.79 Å². The second-order valence-electron chi connectivity index (χ2n) is 5.96. The number of rotatable bonds is 5. The van der Waals surface area contributed by atoms with Crippen molar-refractivity contribution in [3.63, 3.8) is 0 Å². The second kappa shape index (κ2) is 8.36. The Morgan fingerprint density at radius 2 is 1.54 bits per heavy atom. The quantitative estimate of drug-likeness (QED) is 0.779. The van der Waals surface area contributed by atoms with E-state index >= 15 is 0 Å². The molecule has 0 aromatic heterocycles. The van der Waals surface area contributed by atoms with E-state index < -0.39 is 0 Å². The van der Waals surface area contributed by atoms with Crippen molar-refractivity contribution in [1.82, 2.24) is 5.32 Å². The van der Waals surface area contributed by atoms with Gasteiger partial charge in [0.2, 0.25) is 0 Å². The first-order valence-electron chi connectivity index (χ1n) is 8.34. The molecule has 5 nitrogen and oxygen atoms in total. The van der Waals surface area contributed by atoms with Gasteiger partial charge in [0.15, 0.2) is 0 Å². The number of hydrogen-bond acceptors (Lipinski definition) is 3. The molecule has 1 fully saturated rings. The number of hydrogen-bond donors (Lipinski definition) is 3. The molecule has 1 heterocycles. The van der Waals surface area contributed by atoms with E-state index in [0.29, 0.717) is 12.5 Å². The van der Waals surface area contributed by atoms with Crippen LogP contribution in [-0.2, 0) is 4.74 Å². The maximum absolute atomic E-state index is 12.0. The van der Waals surface area contributed by atoms with Crippen LogP contribution in [0.4, 0.5) is 21.9 Å². The Hall–Kier alpha value is -2.53. The smallest absolute Gasteiger partial charge is 0.319 e. The highest BCUT2D eigenvalue weighted by atomic mass is 16.5. The van der Waals surface area contributed by atoms with Crippen molar-refractivity contribution in [3.8, 4) is 0 Å². The van der Waals surface area contributed by atoms with Gasteiger partial charge < -0.3 is 20.7 Å². The van der Waals surface area contributed by atoms with E-state index in [1.807, 2.05) is 54.6 Å². The summed E-state index contributed by atoms with van der Waals surface area (Å²) in [4.78, 5) is 12.0. The van der Waals surface area contributed by atoms with Gasteiger partial charge in [-0.25, -0.2) is 4.79 Å². The third-order valence-electron chi connectivity index (χ3n) is 4.10. The first-order valence-corrected chi connectivity index (χ1v) is 8.34. The predicted octanol–water partition coefficient (Wildman–Crippen LogP) is 3.98. The van der Waals surface area contributed by atoms with Crippen molar-refractivity contribution in [2.24, 2.45) is 5.92 Å². The minimum absolute atomic E-state index is 0.162. The molecule has 0 radical (unpaired) electrons. The first kappa shape index (κ1) is 16.3. The third-order valence-corrected chi connectivity index (χ3v) is 4.10. The largest absolute Gasteiger partial charge is 0.381 e. The zero-order chi connectivity index (χ0) is 16.6. The number of carbonyl (C=O) groups excluding carboxylic acids is 1. The molecule has 0 bridgehead atoms. The van der Waals surface area contributed by atoms with Gasteiger partial charge in [0.1, 0.15) is 0 Å². The summed E-state index contributed by atoms with van der Waals surface area (Å²) in [5.74, 6) is 0.516. The molecule has 0 atom stereocenters. The summed E-state index contributed by atoms with van der Waals surface area (Å²) in [6, 6.07) is 17.5. The zero-order valence-corrected chi connectivity index (χ0v) is 13.6. The van der Waals surface area contributed by atoms with Crippen LogP contribution in [0.25, 0.3) is 0 Å². The summed E-state index contributed by atoms with van der Waals surface area (Å²) < 4.78 is 5.32. The molecular weight excluding hydrogens is 302 g/mol. The Labute approximate surface area is 142 Å². The predicted molar refractivity (Wildman–Crippen MR) is 96.7 cm³/mol. The molecular formula is C19H23N3O2. The molecule has 3 rings (SSSR count). The lowest BCUT2D eigenvalue weighted by Crippen LogP contribution is -2.35. The Bertz CT molecular complexity index is 637. The van der Waals surface area contributed by atoms with Gasteiger partial charge >= 0.3 is 6.03 Å². The van der Waals surface area contributed by atoms with Gasteiger partial charge in [-0.3, -0.25) is 0 Å². The molecule has 0 aliphatic carbocycles. The lowest BCUT2D eigenvalue weighted by atomic mass is 10.0. The van der Waals surface area contributed by atoms with E-state index in [0.717, 1.165) is 43.1 Å². The van der Waals surface area contributed by atoms with Crippen LogP contribution in [0, 0.1) is 5.92 Å². The monoisotopic (exact) mass is 325 g/mol. The Morgan fingerprint density at radius 1 is 0.917 bits per heavy atom. The molecule has 1 aliphatic rings. The zero-order valence-electron chi connectivity index (χ0n) is 13.6. The van der Waals surface area contributed by atoms with Crippen LogP contribution in [0.3, 0.4) is 0 Å². The minimum atomic E-state index is -0.162. The molecule has 2 aromatic carbocycles. The number of carbonyl (C=O) groups is 1. The average Bonchev–Trinajstić information content (AvgIpc) is 2.63. The summed E-state index contributed by atoms with van der Waals surface area (Å²) >= 11 is 0. The molecule has 3 N–H and O–H groups in total. The van der Waals surface area contributed by atoms with Crippen LogP contribution >= 0.6 is 0 Å². The number of para-hydroxylation sites is 1. The molecule has 1 saturated heterocycles. The van der Waals surface area contributed by atoms with Crippen LogP contribution < -0.4 is 16.0 Å². The Morgan fingerprint density at radius 3 is 2.25 bits per heavy atom. The van der Waals surface area contributed by atoms with Crippen LogP contribution in [0.1, 0.15) is 12.8 Å². The molecule has 0 unspecified atom stereocenters. The van der Waals surface area contributed by atoms with Crippen LogP contribution in [0.15, 0.2) is 54.6 Å². The number of anilines is 3. The topological polar surface area (TPSA) is 62.4 Å². The summed E-state index contributed by atoms with van der Waals surface area (Å²) in [7, 11) is 0. The van der Waals surface area contributed by atoms with Gasteiger partial charge in [-0.2, -0.15) is 0 Å². The standard InChI is InChI=1S/C19H23N3O2/c23-19(20-14-15-10-12-24-13-11-15)22-18-8-6-17(7-9-18)21-16-4-2-1-3-5-16/h1-9,15,21H,10-14H2,(H2,20,22,23). The molecule has 24 heavy (non-hydrogen) atoms. The second-order valence-corrected chi connectivity index (χ2v) is 5.96. The lowest BCUT2D eigenvalue weighted by molar-refractivity contribution is 0.0671. The maximum atomic E-state index is 12.0. The first-order chi connectivity index (χ1) is 11.8. The fourth-order valence-corrected chi connectivity index (χ4v) is 2.69. The molecule has 126 valence electrons. The number of benzene rings is 2. The van der Waals surface area contributed by atoms with Gasteiger partial charge in [0, 0.05) is 36.8 Å². The van der Waals surface area contributed by atoms with E-state index in [1.165, 1.54) is 0 Å². The van der Waals surface area contributed by atoms with E-state index in [1.54, 1.807) is 0 Å². The van der Waals surface area contributed by atoms with Crippen molar-refractivity contribution < 1.29 is 9.53 Å². The van der Waals surface area contributed by atoms with Crippen LogP contribution in [0.5, 0.6) is 0 Å². The summed E-state index contributed by atoms with van der Waals surface area (Å²) in [6.07, 6.45) is 2.03. The number of ether oxygens (including phenoxy) is 1. The van der Waals surface area contributed by atoms with E-state index in [2.05, 4.69) is 16.0 Å². The molecule has 0 spiro atoms. The minimum Gasteiger partial charge on any atom is -0.381 e. The fourth-order valence-electron chi connectivity index (χ4n) is 2.69. The summed E-state index contributed by atoms with van der Waals surface area (Å²) in [6.45, 7) is 2.29. The maximum Gasteiger partial charge on any atom is 0.319 e. The highest BCUT2D eigenvalue weighted by Gasteiger charge is 2.14. The van der Waals surface area contributed by atoms with Gasteiger partial charge in [0.25, 0.3) is 0 Å². The Balaban J connectivity index is 1.45. The molecule has 2 aromatic rings. The fraction of sp³-hybridized carbons (Fsp3) is 0.316. The van der Waals surface area contributed by atoms with Crippen LogP contribution in [-0.4, -0.2) is 25.8 Å². The molecule has 0 saturated carbocycles. The highest BCUT2D eigenvalue weighted by molar-refractivity contribution is 5.89. The Kier molecular flexibility index (Phi) is 5.69. The molecule has 5 heteroatoms. The van der Waals surface area contributed by atoms with Crippen molar-refractivity contribution in [1.29, 1.82) is 0 Å². The van der Waals surface area contributed by atoms with Gasteiger partial charge in [-0.05, 0) is 55.2 Å². The average molecular weight is 325 g/mol. The molecule has 1 aliphatic heterocycles. The van der Waals surface area contributed by atoms with E-state index in [4.69, 9.17) is 4.74 Å². The number of urea groups is 1. The SMILES string of the molecule is O=C(NCC1CCOCC1)Nc1ccc(Nc2ccccc2)cc1. The van der Waals surface area contributed by atoms with Gasteiger partial charge in [-0.15, -0.1) is 0 Å². The normalized spacial score (nSPS) is 14.8. The highest BCUT2D eigenvalue weighted by Crippen LogP contribution is 2.18. The van der Waals surface area contributed by atoms with Crippen molar-refractivity contribution in [2.45, 2.75) is 12.8 Å². The number of amides is 2. The van der Waals surface area contributed by atoms with Crippen molar-refractivity contribution in [2.75, 3.05) is 30.4 Å². The van der Waals surface area contributed by atoms with E-state index in [-0.39, 0.29) is 6.03 Å². The molecule has 2 amide bonds. The van der Waals surface area contributed by atoms with Crippen molar-refractivity contribution >= 4 is 23.1 Å².